The number of benzene rings is 7. The summed E-state index contributed by atoms with van der Waals surface area (Å²) < 4.78 is 8.82. The Morgan fingerprint density at radius 2 is 0.961 bits per heavy atom. The van der Waals surface area contributed by atoms with Gasteiger partial charge in [-0.1, -0.05) is 140 Å². The second-order valence-electron chi connectivity index (χ2n) is 13.2. The Kier molecular flexibility index (Phi) is 5.81. The number of para-hydroxylation sites is 3. The largest absolute Gasteiger partial charge is 0.457 e. The molecule has 7 aromatic carbocycles. The highest BCUT2D eigenvalue weighted by Crippen LogP contribution is 2.62. The standard InChI is InChI=1S/C46H28N4O/c1-3-15-29(16-4-1)43-47-44(30-17-5-2-6-18-30)49-45(48-43)50-39-24-12-8-20-32(39)34-27-33-31-19-7-9-21-35(31)46(38(33)28-40(34)50)36-22-10-13-25-41(36)51-42-26-14-11-23-37(42)46/h1-28H. The van der Waals surface area contributed by atoms with Crippen LogP contribution in [0.15, 0.2) is 170 Å². The van der Waals surface area contributed by atoms with Crippen molar-refractivity contribution in [1.29, 1.82) is 0 Å². The molecule has 1 aliphatic heterocycles. The molecule has 0 amide bonds. The third-order valence-electron chi connectivity index (χ3n) is 10.5. The van der Waals surface area contributed by atoms with Gasteiger partial charge in [0.05, 0.1) is 16.4 Å². The Bertz CT molecular complexity index is 2740. The van der Waals surface area contributed by atoms with E-state index in [1.165, 1.54) is 22.3 Å². The van der Waals surface area contributed by atoms with Crippen molar-refractivity contribution in [3.8, 4) is 51.3 Å². The molecule has 0 radical (unpaired) electrons. The van der Waals surface area contributed by atoms with Crippen molar-refractivity contribution in [2.45, 2.75) is 5.41 Å². The fraction of sp³-hybridized carbons (Fsp3) is 0.0217. The zero-order valence-electron chi connectivity index (χ0n) is 27.4. The predicted molar refractivity (Wildman–Crippen MR) is 202 cm³/mol. The van der Waals surface area contributed by atoms with Crippen LogP contribution < -0.4 is 4.74 Å². The molecule has 0 saturated heterocycles. The summed E-state index contributed by atoms with van der Waals surface area (Å²) in [5.41, 5.74) is 10.5. The van der Waals surface area contributed by atoms with E-state index in [0.29, 0.717) is 17.6 Å². The molecular formula is C46H28N4O. The molecule has 1 aliphatic carbocycles. The molecule has 9 aromatic rings. The smallest absolute Gasteiger partial charge is 0.238 e. The van der Waals surface area contributed by atoms with Gasteiger partial charge in [0.15, 0.2) is 11.6 Å². The average molecular weight is 653 g/mol. The van der Waals surface area contributed by atoms with Gasteiger partial charge in [0.2, 0.25) is 5.95 Å². The Balaban J connectivity index is 1.27. The molecule has 51 heavy (non-hydrogen) atoms. The number of aromatic nitrogens is 4. The number of nitrogens with zero attached hydrogens (tertiary/aromatic N) is 4. The van der Waals surface area contributed by atoms with Gasteiger partial charge >= 0.3 is 0 Å². The molecule has 0 unspecified atom stereocenters. The number of hydrogen-bond donors (Lipinski definition) is 0. The third kappa shape index (κ3) is 3.88. The van der Waals surface area contributed by atoms with E-state index in [1.54, 1.807) is 0 Å². The van der Waals surface area contributed by atoms with Gasteiger partial charge in [-0.05, 0) is 52.6 Å². The van der Waals surface area contributed by atoms with Crippen molar-refractivity contribution >= 4 is 21.8 Å². The van der Waals surface area contributed by atoms with Crippen molar-refractivity contribution < 1.29 is 4.74 Å². The molecule has 2 aliphatic rings. The number of fused-ring (bicyclic) bond motifs is 12. The van der Waals surface area contributed by atoms with Gasteiger partial charge in [0, 0.05) is 33.0 Å². The van der Waals surface area contributed by atoms with Gasteiger partial charge in [-0.3, -0.25) is 4.57 Å². The summed E-state index contributed by atoms with van der Waals surface area (Å²) in [6.45, 7) is 0. The van der Waals surface area contributed by atoms with Crippen molar-refractivity contribution in [3.05, 3.63) is 192 Å². The lowest BCUT2D eigenvalue weighted by atomic mass is 9.66. The third-order valence-corrected chi connectivity index (χ3v) is 10.5. The molecule has 0 bridgehead atoms. The zero-order chi connectivity index (χ0) is 33.5. The van der Waals surface area contributed by atoms with Crippen LogP contribution in [-0.2, 0) is 5.41 Å². The molecule has 0 saturated carbocycles. The van der Waals surface area contributed by atoms with Gasteiger partial charge in [0.25, 0.3) is 0 Å². The lowest BCUT2D eigenvalue weighted by molar-refractivity contribution is 0.436. The summed E-state index contributed by atoms with van der Waals surface area (Å²) in [7, 11) is 0. The van der Waals surface area contributed by atoms with E-state index < -0.39 is 5.41 Å². The highest BCUT2D eigenvalue weighted by atomic mass is 16.5. The van der Waals surface area contributed by atoms with Crippen LogP contribution in [0.4, 0.5) is 0 Å². The number of rotatable bonds is 3. The summed E-state index contributed by atoms with van der Waals surface area (Å²) in [5, 5.41) is 2.29. The van der Waals surface area contributed by atoms with Crippen LogP contribution >= 0.6 is 0 Å². The van der Waals surface area contributed by atoms with E-state index >= 15 is 0 Å². The lowest BCUT2D eigenvalue weighted by Gasteiger charge is -2.39. The molecule has 2 aromatic heterocycles. The second kappa shape index (κ2) is 10.6. The van der Waals surface area contributed by atoms with Crippen molar-refractivity contribution in [1.82, 2.24) is 19.5 Å². The first kappa shape index (κ1) is 28.0. The SMILES string of the molecule is c1ccc(-c2nc(-c3ccccc3)nc(-n3c4ccccc4c4cc5c(cc43)C3(c4ccccc4Oc4ccccc43)c3ccccc3-5)n2)cc1. The molecule has 0 N–H and O–H groups in total. The lowest BCUT2D eigenvalue weighted by Crippen LogP contribution is -2.32. The van der Waals surface area contributed by atoms with Crippen molar-refractivity contribution in [2.75, 3.05) is 0 Å². The number of hydrogen-bond acceptors (Lipinski definition) is 4. The van der Waals surface area contributed by atoms with Crippen LogP contribution in [0.5, 0.6) is 11.5 Å². The fourth-order valence-corrected chi connectivity index (χ4v) is 8.43. The fourth-order valence-electron chi connectivity index (χ4n) is 8.43. The molecule has 0 fully saturated rings. The second-order valence-corrected chi connectivity index (χ2v) is 13.2. The van der Waals surface area contributed by atoms with Crippen LogP contribution in [0.2, 0.25) is 0 Å². The molecule has 11 rings (SSSR count). The maximum atomic E-state index is 6.60. The number of ether oxygens (including phenoxy) is 1. The van der Waals surface area contributed by atoms with Gasteiger partial charge in [-0.25, -0.2) is 4.98 Å². The zero-order valence-corrected chi connectivity index (χ0v) is 27.4. The maximum Gasteiger partial charge on any atom is 0.238 e. The minimum Gasteiger partial charge on any atom is -0.457 e. The summed E-state index contributed by atoms with van der Waals surface area (Å²) in [4.78, 5) is 15.4. The predicted octanol–water partition coefficient (Wildman–Crippen LogP) is 10.8. The van der Waals surface area contributed by atoms with Crippen LogP contribution in [0.3, 0.4) is 0 Å². The van der Waals surface area contributed by atoms with Gasteiger partial charge in [-0.15, -0.1) is 0 Å². The summed E-state index contributed by atoms with van der Waals surface area (Å²) >= 11 is 0. The van der Waals surface area contributed by atoms with Gasteiger partial charge in [0.1, 0.15) is 11.5 Å². The Labute approximate surface area is 294 Å². The Hall–Kier alpha value is -6.85. The van der Waals surface area contributed by atoms with E-state index in [0.717, 1.165) is 55.6 Å². The molecule has 0 atom stereocenters. The maximum absolute atomic E-state index is 6.60. The summed E-state index contributed by atoms with van der Waals surface area (Å²) in [5.74, 6) is 3.57. The van der Waals surface area contributed by atoms with Crippen molar-refractivity contribution in [3.63, 3.8) is 0 Å². The topological polar surface area (TPSA) is 52.8 Å². The molecule has 1 spiro atoms. The van der Waals surface area contributed by atoms with Crippen LogP contribution in [0, 0.1) is 0 Å². The normalized spacial score (nSPS) is 13.4. The van der Waals surface area contributed by atoms with E-state index in [9.17, 15) is 0 Å². The van der Waals surface area contributed by atoms with E-state index in [1.807, 2.05) is 60.7 Å². The molecule has 238 valence electrons. The minimum absolute atomic E-state index is 0.575. The molecule has 3 heterocycles. The van der Waals surface area contributed by atoms with E-state index in [2.05, 4.69) is 114 Å². The highest BCUT2D eigenvalue weighted by Gasteiger charge is 2.51. The Morgan fingerprint density at radius 1 is 0.412 bits per heavy atom. The Morgan fingerprint density at radius 3 is 1.63 bits per heavy atom. The monoisotopic (exact) mass is 652 g/mol. The first-order chi connectivity index (χ1) is 25.3. The summed E-state index contributed by atoms with van der Waals surface area (Å²) in [6, 6.07) is 59.5. The first-order valence-corrected chi connectivity index (χ1v) is 17.2. The average Bonchev–Trinajstić information content (AvgIpc) is 3.68. The molecule has 5 nitrogen and oxygen atoms in total. The first-order valence-electron chi connectivity index (χ1n) is 17.2. The van der Waals surface area contributed by atoms with Crippen molar-refractivity contribution in [2.24, 2.45) is 0 Å². The highest BCUT2D eigenvalue weighted by molar-refractivity contribution is 6.12. The molecular weight excluding hydrogens is 625 g/mol. The van der Waals surface area contributed by atoms with Crippen LogP contribution in [0.25, 0.3) is 61.7 Å². The minimum atomic E-state index is -0.587. The van der Waals surface area contributed by atoms with Gasteiger partial charge < -0.3 is 4.74 Å². The van der Waals surface area contributed by atoms with Crippen LogP contribution in [-0.4, -0.2) is 19.5 Å². The quantitative estimate of drug-likeness (QED) is 0.191. The van der Waals surface area contributed by atoms with E-state index in [4.69, 9.17) is 19.7 Å². The van der Waals surface area contributed by atoms with Gasteiger partial charge in [-0.2, -0.15) is 9.97 Å². The molecule has 5 heteroatoms. The van der Waals surface area contributed by atoms with Crippen LogP contribution in [0.1, 0.15) is 22.3 Å². The summed E-state index contributed by atoms with van der Waals surface area (Å²) in [6.07, 6.45) is 0. The van der Waals surface area contributed by atoms with E-state index in [-0.39, 0.29) is 0 Å².